The highest BCUT2D eigenvalue weighted by Crippen LogP contribution is 2.29. The van der Waals surface area contributed by atoms with Crippen LogP contribution in [0.4, 0.5) is 39.9 Å². The number of carboxylic acids is 1. The Balaban J connectivity index is 2.59. The average Bonchev–Trinajstić information content (AvgIpc) is 2.79. The Kier molecular flexibility index (Phi) is 27.5. The van der Waals surface area contributed by atoms with Crippen molar-refractivity contribution < 1.29 is 117 Å². The molecule has 0 radical (unpaired) electrons. The van der Waals surface area contributed by atoms with Crippen LogP contribution in [0.3, 0.4) is 0 Å². The zero-order valence-electron chi connectivity index (χ0n) is 52.4. The third-order valence-corrected chi connectivity index (χ3v) is 12.9. The van der Waals surface area contributed by atoms with Gasteiger partial charge in [-0.3, -0.25) is 19.3 Å². The van der Waals surface area contributed by atoms with Gasteiger partial charge in [0.05, 0.1) is 0 Å². The highest BCUT2D eigenvalue weighted by molar-refractivity contribution is 5.93. The monoisotopic (exact) mass is 1270 g/mol. The number of carbonyl (C=O) groups excluding carboxylic acids is 8. The number of hydrogen-bond donors (Lipinski definition) is 1. The minimum atomic E-state index is -5.10. The number of ether oxygens (including phenoxy) is 7. The summed E-state index contributed by atoms with van der Waals surface area (Å²) in [6.07, 6.45) is -21.7. The molecule has 0 aliphatic carbocycles. The standard InChI is InChI=1S/C59H82F8N4O17/c1-32(2)26-40(50(77)82-34(5)46(72)70(16)43(31-57(12,13)61)53(80)85-45(49(75)76)29-37-20-24-39(25-21-37)87-59(65,66)67)68(14)48(74)44(28-36-18-22-38(23-19-36)86-58(62,63)64)84-52(79)42(30-56(10,11)60)69(15)47(73)35(6)83-51(78)41(27-33(3)4)71(17)54(81)88-55(7,8)9/h18-25,32-35,40-45H,26-31H2,1-17H3,(H,75,76). The molecule has 0 heterocycles. The van der Waals surface area contributed by atoms with E-state index in [1.54, 1.807) is 48.5 Å². The second-order valence-electron chi connectivity index (χ2n) is 24.2. The first-order valence-corrected chi connectivity index (χ1v) is 27.9. The fourth-order valence-corrected chi connectivity index (χ4v) is 8.60. The molecule has 2 aromatic rings. The smallest absolute Gasteiger partial charge is 0.478 e. The third-order valence-electron chi connectivity index (χ3n) is 12.9. The van der Waals surface area contributed by atoms with Gasteiger partial charge in [0.1, 0.15) is 52.6 Å². The summed E-state index contributed by atoms with van der Waals surface area (Å²) in [5.74, 6) is -12.3. The van der Waals surface area contributed by atoms with Gasteiger partial charge in [-0.1, -0.05) is 52.0 Å². The zero-order chi connectivity index (χ0) is 67.9. The van der Waals surface area contributed by atoms with Crippen molar-refractivity contribution in [2.24, 2.45) is 11.8 Å². The predicted molar refractivity (Wildman–Crippen MR) is 298 cm³/mol. The minimum Gasteiger partial charge on any atom is -0.478 e. The van der Waals surface area contributed by atoms with E-state index in [0.29, 0.717) is 9.80 Å². The van der Waals surface area contributed by atoms with E-state index >= 15 is 8.78 Å². The number of hydrogen-bond acceptors (Lipinski definition) is 16. The normalized spacial score (nSPS) is 15.0. The number of carbonyl (C=O) groups is 9. The van der Waals surface area contributed by atoms with Gasteiger partial charge in [0, 0.05) is 53.9 Å². The Labute approximate surface area is 506 Å². The molecule has 4 amide bonds. The molecule has 0 saturated heterocycles. The summed E-state index contributed by atoms with van der Waals surface area (Å²) >= 11 is 0. The Morgan fingerprint density at radius 3 is 1.06 bits per heavy atom. The summed E-state index contributed by atoms with van der Waals surface area (Å²) in [4.78, 5) is 128. The van der Waals surface area contributed by atoms with Crippen molar-refractivity contribution in [1.82, 2.24) is 19.6 Å². The molecule has 88 heavy (non-hydrogen) atoms. The molecule has 2 rings (SSSR count). The first kappa shape index (κ1) is 76.6. The van der Waals surface area contributed by atoms with Crippen LogP contribution in [0.2, 0.25) is 0 Å². The number of alkyl halides is 8. The van der Waals surface area contributed by atoms with Gasteiger partial charge >= 0.3 is 48.7 Å². The largest absolute Gasteiger partial charge is 0.573 e. The van der Waals surface area contributed by atoms with E-state index in [9.17, 15) is 74.6 Å². The highest BCUT2D eigenvalue weighted by atomic mass is 19.4. The maximum absolute atomic E-state index is 15.7. The molecule has 0 fully saturated rings. The second kappa shape index (κ2) is 31.6. The van der Waals surface area contributed by atoms with Gasteiger partial charge in [-0.05, 0) is 122 Å². The number of esters is 4. The molecular weight excluding hydrogens is 1190 g/mol. The number of benzene rings is 2. The van der Waals surface area contributed by atoms with Gasteiger partial charge in [0.15, 0.2) is 18.3 Å². The zero-order valence-corrected chi connectivity index (χ0v) is 52.4. The molecule has 0 saturated carbocycles. The second-order valence-corrected chi connectivity index (χ2v) is 24.2. The number of amides is 4. The number of aliphatic carboxylic acids is 1. The van der Waals surface area contributed by atoms with E-state index in [-0.39, 0.29) is 29.9 Å². The van der Waals surface area contributed by atoms with Gasteiger partial charge in [-0.15, -0.1) is 26.3 Å². The van der Waals surface area contributed by atoms with Crippen molar-refractivity contribution in [3.05, 3.63) is 59.7 Å². The van der Waals surface area contributed by atoms with Gasteiger partial charge in [0.25, 0.3) is 17.7 Å². The Hall–Kier alpha value is -7.49. The highest BCUT2D eigenvalue weighted by Gasteiger charge is 2.44. The average molecular weight is 1270 g/mol. The fraction of sp³-hybridized carbons (Fsp3) is 0.644. The summed E-state index contributed by atoms with van der Waals surface area (Å²) in [5.41, 5.74) is -5.38. The lowest BCUT2D eigenvalue weighted by Crippen LogP contribution is -2.54. The molecule has 8 atom stereocenters. The predicted octanol–water partition coefficient (Wildman–Crippen LogP) is 9.13. The van der Waals surface area contributed by atoms with E-state index in [2.05, 4.69) is 9.47 Å². The maximum Gasteiger partial charge on any atom is 0.573 e. The molecular formula is C59H82F8N4O17. The Morgan fingerprint density at radius 2 is 0.750 bits per heavy atom. The lowest BCUT2D eigenvalue weighted by Gasteiger charge is -2.35. The van der Waals surface area contributed by atoms with Gasteiger partial charge in [-0.25, -0.2) is 37.5 Å². The SMILES string of the molecule is CC(C)CC(C(=O)OC(C)C(=O)N(C)C(CC(C)(C)F)C(=O)OC(Cc1ccc(OC(F)(F)F)cc1)C(=O)N(C)C(CC(C)C)C(=O)OC(C)C(=O)N(C)C(CC(C)(C)F)C(=O)OC(Cc1ccc(OC(F)(F)F)cc1)C(=O)O)N(C)C(=O)OC(C)(C)C. The van der Waals surface area contributed by atoms with Crippen molar-refractivity contribution in [2.45, 2.75) is 207 Å². The van der Waals surface area contributed by atoms with Crippen LogP contribution in [-0.4, -0.2) is 185 Å². The minimum absolute atomic E-state index is 0.0341. The number of halogens is 8. The van der Waals surface area contributed by atoms with Crippen LogP contribution in [0.1, 0.15) is 127 Å². The number of carboxylic acid groups (broad SMARTS) is 1. The van der Waals surface area contributed by atoms with E-state index in [4.69, 9.17) is 23.7 Å². The van der Waals surface area contributed by atoms with Crippen LogP contribution in [0, 0.1) is 11.8 Å². The van der Waals surface area contributed by atoms with Gasteiger partial charge in [-0.2, -0.15) is 0 Å². The molecule has 0 aromatic heterocycles. The van der Waals surface area contributed by atoms with E-state index in [1.807, 2.05) is 0 Å². The van der Waals surface area contributed by atoms with Crippen LogP contribution < -0.4 is 9.47 Å². The molecule has 0 aliphatic rings. The van der Waals surface area contributed by atoms with Crippen LogP contribution in [0.25, 0.3) is 0 Å². The lowest BCUT2D eigenvalue weighted by atomic mass is 9.98. The summed E-state index contributed by atoms with van der Waals surface area (Å²) in [5, 5.41) is 9.95. The van der Waals surface area contributed by atoms with E-state index in [0.717, 1.165) is 121 Å². The Bertz CT molecular complexity index is 2710. The first-order valence-electron chi connectivity index (χ1n) is 27.9. The Morgan fingerprint density at radius 1 is 0.443 bits per heavy atom. The topological polar surface area (TPSA) is 251 Å². The third kappa shape index (κ3) is 26.5. The fourth-order valence-electron chi connectivity index (χ4n) is 8.60. The number of nitrogens with zero attached hydrogens (tertiary/aromatic N) is 4. The molecule has 21 nitrogen and oxygen atoms in total. The molecule has 496 valence electrons. The van der Waals surface area contributed by atoms with Crippen LogP contribution in [-0.2, 0) is 74.9 Å². The number of rotatable bonds is 30. The van der Waals surface area contributed by atoms with Crippen LogP contribution >= 0.6 is 0 Å². The van der Waals surface area contributed by atoms with Crippen molar-refractivity contribution >= 4 is 53.7 Å². The van der Waals surface area contributed by atoms with Gasteiger partial charge in [0.2, 0.25) is 6.10 Å². The summed E-state index contributed by atoms with van der Waals surface area (Å²) in [6.45, 7) is 18.0. The van der Waals surface area contributed by atoms with Crippen molar-refractivity contribution in [2.75, 3.05) is 28.2 Å². The molecule has 29 heteroatoms. The number of likely N-dealkylation sites (N-methyl/N-ethyl adjacent to an activating group) is 4. The molecule has 0 spiro atoms. The van der Waals surface area contributed by atoms with E-state index < -0.39 is 175 Å². The van der Waals surface area contributed by atoms with Crippen LogP contribution in [0.15, 0.2) is 48.5 Å². The maximum atomic E-state index is 15.7. The first-order chi connectivity index (χ1) is 40.0. The quantitative estimate of drug-likeness (QED) is 0.0435. The van der Waals surface area contributed by atoms with Crippen molar-refractivity contribution in [1.29, 1.82) is 0 Å². The van der Waals surface area contributed by atoms with Crippen molar-refractivity contribution in [3.8, 4) is 11.5 Å². The van der Waals surface area contributed by atoms with E-state index in [1.165, 1.54) is 7.05 Å². The van der Waals surface area contributed by atoms with Crippen molar-refractivity contribution in [3.63, 3.8) is 0 Å². The molecule has 0 aliphatic heterocycles. The summed E-state index contributed by atoms with van der Waals surface area (Å²) in [6, 6.07) is 1.11. The van der Waals surface area contributed by atoms with Gasteiger partial charge < -0.3 is 53.0 Å². The summed E-state index contributed by atoms with van der Waals surface area (Å²) in [7, 11) is 4.43. The summed E-state index contributed by atoms with van der Waals surface area (Å²) < 4.78 is 144. The molecule has 1 N–H and O–H groups in total. The van der Waals surface area contributed by atoms with Crippen LogP contribution in [0.5, 0.6) is 11.5 Å². The molecule has 2 aromatic carbocycles. The molecule has 8 unspecified atom stereocenters. The lowest BCUT2D eigenvalue weighted by molar-refractivity contribution is -0.275. The molecule has 0 bridgehead atoms.